The minimum Gasteiger partial charge on any atom is -0.507 e. The molecule has 6 atom stereocenters. The molecule has 48 heavy (non-hydrogen) atoms. The number of epoxide rings is 1. The van der Waals surface area contributed by atoms with Crippen LogP contribution in [0.1, 0.15) is 109 Å². The molecule has 0 amide bonds. The molecule has 4 bridgehead atoms. The Bertz CT molecular complexity index is 1730. The van der Waals surface area contributed by atoms with Crippen molar-refractivity contribution >= 4 is 17.5 Å². The molecule has 2 spiro atoms. The van der Waals surface area contributed by atoms with Crippen LogP contribution in [0, 0.1) is 11.8 Å². The maximum absolute atomic E-state index is 15.1. The fourth-order valence-electron chi connectivity index (χ4n) is 8.99. The molecule has 5 fully saturated rings. The smallest absolute Gasteiger partial charge is 0.330 e. The zero-order valence-electron chi connectivity index (χ0n) is 29.3. The number of carboxylic acids is 1. The zero-order valence-corrected chi connectivity index (χ0v) is 29.3. The number of ketones is 2. The molecule has 258 valence electrons. The number of carboxylic acid groups (broad SMARTS) is 1. The number of Topliss-reactive ketones (excluding diaryl/α,β-unsaturated/α-hetero) is 2. The van der Waals surface area contributed by atoms with Gasteiger partial charge in [-0.25, -0.2) is 4.79 Å². The molecular weight excluding hydrogens is 612 g/mol. The van der Waals surface area contributed by atoms with Crippen molar-refractivity contribution < 1.29 is 43.9 Å². The molecule has 9 heteroatoms. The number of carbonyl (C=O) groups excluding carboxylic acids is 2. The standard InChI is InChI=1S/C39H48O9/c1-20(2)10-9-11-22(5)13-15-24-30(41)25(14-12-21(3)4)32-29(31(24)42)33(43)38-34(47-38)26-18-28-36(7,8)48-37(19-27(26)40,39(28,38)46-32)17-16-23(6)35(44)45/h10,12-13,16,26,28,34,41-42H,9,11,14-15,17-19H2,1-8H3,(H,44,45)/b22-13+,23-16+. The second kappa shape index (κ2) is 11.4. The van der Waals surface area contributed by atoms with Crippen molar-refractivity contribution in [3.8, 4) is 17.2 Å². The third-order valence-electron chi connectivity index (χ3n) is 11.4. The predicted octanol–water partition coefficient (Wildman–Crippen LogP) is 6.87. The van der Waals surface area contributed by atoms with E-state index in [0.717, 1.165) is 24.0 Å². The largest absolute Gasteiger partial charge is 0.507 e. The van der Waals surface area contributed by atoms with E-state index in [2.05, 4.69) is 19.9 Å². The lowest BCUT2D eigenvalue weighted by Gasteiger charge is -2.52. The highest BCUT2D eigenvalue weighted by atomic mass is 16.7. The predicted molar refractivity (Wildman–Crippen MR) is 179 cm³/mol. The zero-order chi connectivity index (χ0) is 35.1. The van der Waals surface area contributed by atoms with Crippen LogP contribution in [-0.2, 0) is 31.9 Å². The summed E-state index contributed by atoms with van der Waals surface area (Å²) in [7, 11) is 0. The minimum absolute atomic E-state index is 0.000134. The van der Waals surface area contributed by atoms with Gasteiger partial charge in [0.15, 0.2) is 5.60 Å². The fourth-order valence-corrected chi connectivity index (χ4v) is 8.99. The van der Waals surface area contributed by atoms with Gasteiger partial charge in [0.05, 0.1) is 5.60 Å². The van der Waals surface area contributed by atoms with Gasteiger partial charge in [-0.05, 0) is 93.9 Å². The Morgan fingerprint density at radius 3 is 2.23 bits per heavy atom. The van der Waals surface area contributed by atoms with Crippen molar-refractivity contribution in [3.05, 3.63) is 63.3 Å². The van der Waals surface area contributed by atoms with Crippen LogP contribution in [0.5, 0.6) is 17.2 Å². The summed E-state index contributed by atoms with van der Waals surface area (Å²) in [6.45, 7) is 15.3. The van der Waals surface area contributed by atoms with Gasteiger partial charge >= 0.3 is 5.97 Å². The number of hydrogen-bond donors (Lipinski definition) is 3. The Hall–Kier alpha value is -3.69. The van der Waals surface area contributed by atoms with E-state index in [4.69, 9.17) is 14.2 Å². The molecule has 3 aliphatic carbocycles. The molecule has 9 nitrogen and oxygen atoms in total. The Balaban J connectivity index is 1.57. The molecule has 6 unspecified atom stereocenters. The van der Waals surface area contributed by atoms with E-state index in [9.17, 15) is 24.9 Å². The van der Waals surface area contributed by atoms with Gasteiger partial charge in [-0.1, -0.05) is 41.0 Å². The van der Waals surface area contributed by atoms with Gasteiger partial charge in [0.1, 0.15) is 40.3 Å². The summed E-state index contributed by atoms with van der Waals surface area (Å²) in [5, 5.41) is 33.4. The third kappa shape index (κ3) is 4.75. The van der Waals surface area contributed by atoms with Crippen molar-refractivity contribution in [1.29, 1.82) is 0 Å². The average molecular weight is 661 g/mol. The summed E-state index contributed by atoms with van der Waals surface area (Å²) < 4.78 is 20.5. The van der Waals surface area contributed by atoms with Crippen LogP contribution >= 0.6 is 0 Å². The van der Waals surface area contributed by atoms with Crippen LogP contribution in [-0.4, -0.2) is 61.4 Å². The van der Waals surface area contributed by atoms with E-state index < -0.39 is 52.1 Å². The van der Waals surface area contributed by atoms with E-state index in [1.807, 2.05) is 46.8 Å². The molecule has 7 rings (SSSR count). The first-order chi connectivity index (χ1) is 22.4. The highest BCUT2D eigenvalue weighted by Gasteiger charge is 2.94. The molecule has 2 saturated heterocycles. The molecule has 3 aliphatic heterocycles. The average Bonchev–Trinajstić information content (AvgIpc) is 3.73. The Morgan fingerprint density at radius 1 is 0.917 bits per heavy atom. The van der Waals surface area contributed by atoms with Crippen LogP contribution in [0.2, 0.25) is 0 Å². The summed E-state index contributed by atoms with van der Waals surface area (Å²) in [5.74, 6) is -3.17. The summed E-state index contributed by atoms with van der Waals surface area (Å²) in [6.07, 6.45) is 9.24. The van der Waals surface area contributed by atoms with E-state index in [1.54, 1.807) is 0 Å². The summed E-state index contributed by atoms with van der Waals surface area (Å²) in [6, 6.07) is 0. The maximum atomic E-state index is 15.1. The number of rotatable bonds is 10. The Kier molecular flexibility index (Phi) is 8.15. The van der Waals surface area contributed by atoms with E-state index >= 15 is 4.79 Å². The summed E-state index contributed by atoms with van der Waals surface area (Å²) >= 11 is 0. The van der Waals surface area contributed by atoms with Gasteiger partial charge in [0, 0.05) is 35.0 Å². The second-order valence-corrected chi connectivity index (χ2v) is 15.5. The molecule has 6 aliphatic rings. The Labute approximate surface area is 282 Å². The molecule has 0 radical (unpaired) electrons. The summed E-state index contributed by atoms with van der Waals surface area (Å²) in [5.41, 5.74) is -1.50. The van der Waals surface area contributed by atoms with Gasteiger partial charge in [0.2, 0.25) is 11.4 Å². The number of phenolic OH excluding ortho intramolecular Hbond substituents is 2. The Morgan fingerprint density at radius 2 is 1.58 bits per heavy atom. The monoisotopic (exact) mass is 660 g/mol. The highest BCUT2D eigenvalue weighted by molar-refractivity contribution is 6.13. The first-order valence-corrected chi connectivity index (χ1v) is 17.0. The molecule has 1 aromatic carbocycles. The van der Waals surface area contributed by atoms with Crippen LogP contribution in [0.15, 0.2) is 46.6 Å². The molecular formula is C39H48O9. The number of carbonyl (C=O) groups is 3. The number of fused-ring (bicyclic) bond motifs is 2. The minimum atomic E-state index is -1.62. The lowest BCUT2D eigenvalue weighted by atomic mass is 9.55. The number of phenols is 2. The number of aliphatic carboxylic acids is 1. The van der Waals surface area contributed by atoms with Gasteiger partial charge in [-0.2, -0.15) is 0 Å². The molecule has 3 saturated carbocycles. The lowest BCUT2D eigenvalue weighted by Crippen LogP contribution is -2.72. The van der Waals surface area contributed by atoms with E-state index in [1.165, 1.54) is 18.6 Å². The quantitative estimate of drug-likeness (QED) is 0.139. The second-order valence-electron chi connectivity index (χ2n) is 15.5. The SMILES string of the molecule is CC(C)=CCC/C(C)=C/Cc1c(O)c(CC=C(C)C)c2c(c1O)C(=O)C13OC1C1CC4C(C)(C)OC(C/C=C(\C)C(=O)O)(CC1=O)C43O2. The van der Waals surface area contributed by atoms with Gasteiger partial charge < -0.3 is 29.5 Å². The van der Waals surface area contributed by atoms with E-state index in [-0.39, 0.29) is 65.4 Å². The highest BCUT2D eigenvalue weighted by Crippen LogP contribution is 2.76. The van der Waals surface area contributed by atoms with Crippen molar-refractivity contribution in [2.45, 2.75) is 129 Å². The van der Waals surface area contributed by atoms with Crippen molar-refractivity contribution in [3.63, 3.8) is 0 Å². The number of allylic oxidation sites excluding steroid dienone is 6. The van der Waals surface area contributed by atoms with Gasteiger partial charge in [-0.15, -0.1) is 0 Å². The first-order valence-electron chi connectivity index (χ1n) is 17.0. The van der Waals surface area contributed by atoms with Crippen LogP contribution in [0.25, 0.3) is 0 Å². The van der Waals surface area contributed by atoms with Crippen LogP contribution < -0.4 is 4.74 Å². The number of ether oxygens (including phenoxy) is 3. The third-order valence-corrected chi connectivity index (χ3v) is 11.4. The van der Waals surface area contributed by atoms with Crippen LogP contribution in [0.4, 0.5) is 0 Å². The normalized spacial score (nSPS) is 32.5. The number of aromatic hydroxyl groups is 2. The molecule has 3 heterocycles. The molecule has 0 aromatic heterocycles. The summed E-state index contributed by atoms with van der Waals surface area (Å²) in [4.78, 5) is 40.9. The van der Waals surface area contributed by atoms with Crippen LogP contribution in [0.3, 0.4) is 0 Å². The van der Waals surface area contributed by atoms with Gasteiger partial charge in [0.25, 0.3) is 0 Å². The molecule has 3 N–H and O–H groups in total. The van der Waals surface area contributed by atoms with Crippen molar-refractivity contribution in [2.24, 2.45) is 11.8 Å². The first kappa shape index (κ1) is 34.2. The lowest BCUT2D eigenvalue weighted by molar-refractivity contribution is -0.165. The topological polar surface area (TPSA) is 143 Å². The maximum Gasteiger partial charge on any atom is 0.330 e. The van der Waals surface area contributed by atoms with Crippen molar-refractivity contribution in [2.75, 3.05) is 0 Å². The fraction of sp³-hybridized carbons (Fsp3) is 0.564. The number of benzene rings is 1. The number of hydrogen-bond acceptors (Lipinski definition) is 8. The van der Waals surface area contributed by atoms with Gasteiger partial charge in [-0.3, -0.25) is 9.59 Å². The van der Waals surface area contributed by atoms with E-state index in [0.29, 0.717) is 12.0 Å². The molecule has 1 aromatic rings. The van der Waals surface area contributed by atoms with Crippen molar-refractivity contribution in [1.82, 2.24) is 0 Å².